The fraction of sp³-hybridized carbons (Fsp3) is 0.294. The van der Waals surface area contributed by atoms with Crippen LogP contribution in [-0.4, -0.2) is 6.54 Å². The van der Waals surface area contributed by atoms with Gasteiger partial charge < -0.3 is 10.6 Å². The van der Waals surface area contributed by atoms with E-state index in [0.29, 0.717) is 12.2 Å². The van der Waals surface area contributed by atoms with E-state index in [2.05, 4.69) is 6.07 Å². The highest BCUT2D eigenvalue weighted by Gasteiger charge is 2.13. The number of hydrogen-bond donors (Lipinski definition) is 1. The fourth-order valence-corrected chi connectivity index (χ4v) is 2.31. The molecule has 0 radical (unpaired) electrons. The smallest absolute Gasteiger partial charge is 0.147 e. The zero-order chi connectivity index (χ0) is 14.7. The molecular weight excluding hydrogens is 251 g/mol. The lowest BCUT2D eigenvalue weighted by Crippen LogP contribution is -2.18. The van der Waals surface area contributed by atoms with Crippen molar-refractivity contribution in [3.05, 3.63) is 59.4 Å². The predicted octanol–water partition coefficient (Wildman–Crippen LogP) is 4.31. The van der Waals surface area contributed by atoms with E-state index in [1.54, 1.807) is 6.07 Å². The monoisotopic (exact) mass is 272 g/mol. The quantitative estimate of drug-likeness (QED) is 0.898. The fourth-order valence-electron chi connectivity index (χ4n) is 2.31. The summed E-state index contributed by atoms with van der Waals surface area (Å²) in [7, 11) is 0. The SMILES string of the molecule is CCN(c1cccc(C)c1)c1ccc([C@H](C)N)cc1F. The minimum absolute atomic E-state index is 0.160. The molecule has 0 unspecified atom stereocenters. The first-order chi connectivity index (χ1) is 9.52. The van der Waals surface area contributed by atoms with Crippen LogP contribution in [0.5, 0.6) is 0 Å². The van der Waals surface area contributed by atoms with Crippen molar-refractivity contribution in [2.75, 3.05) is 11.4 Å². The maximum absolute atomic E-state index is 14.3. The Kier molecular flexibility index (Phi) is 4.40. The van der Waals surface area contributed by atoms with Gasteiger partial charge in [-0.25, -0.2) is 4.39 Å². The van der Waals surface area contributed by atoms with Gasteiger partial charge in [-0.1, -0.05) is 18.2 Å². The minimum atomic E-state index is -0.233. The predicted molar refractivity (Wildman–Crippen MR) is 82.9 cm³/mol. The van der Waals surface area contributed by atoms with Gasteiger partial charge in [0.05, 0.1) is 5.69 Å². The molecule has 0 fully saturated rings. The maximum Gasteiger partial charge on any atom is 0.147 e. The lowest BCUT2D eigenvalue weighted by atomic mass is 10.1. The summed E-state index contributed by atoms with van der Waals surface area (Å²) >= 11 is 0. The van der Waals surface area contributed by atoms with Crippen LogP contribution in [0.25, 0.3) is 0 Å². The number of aryl methyl sites for hydroxylation is 1. The van der Waals surface area contributed by atoms with Crippen molar-refractivity contribution in [3.63, 3.8) is 0 Å². The number of anilines is 2. The first-order valence-corrected chi connectivity index (χ1v) is 6.92. The molecule has 0 aliphatic carbocycles. The Morgan fingerprint density at radius 3 is 2.50 bits per heavy atom. The zero-order valence-electron chi connectivity index (χ0n) is 12.2. The molecule has 2 N–H and O–H groups in total. The molecule has 0 bridgehead atoms. The van der Waals surface area contributed by atoms with E-state index in [1.807, 2.05) is 49.9 Å². The molecule has 2 nitrogen and oxygen atoms in total. The Hall–Kier alpha value is -1.87. The summed E-state index contributed by atoms with van der Waals surface area (Å²) in [4.78, 5) is 1.97. The third kappa shape index (κ3) is 2.99. The van der Waals surface area contributed by atoms with E-state index in [1.165, 1.54) is 6.07 Å². The molecule has 0 aromatic heterocycles. The van der Waals surface area contributed by atoms with Gasteiger partial charge in [-0.05, 0) is 56.2 Å². The summed E-state index contributed by atoms with van der Waals surface area (Å²) in [5.41, 5.74) is 9.35. The molecule has 2 rings (SSSR count). The number of nitrogens with two attached hydrogens (primary N) is 1. The van der Waals surface area contributed by atoms with Crippen LogP contribution in [0, 0.1) is 12.7 Å². The highest BCUT2D eigenvalue weighted by Crippen LogP contribution is 2.29. The van der Waals surface area contributed by atoms with Crippen molar-refractivity contribution >= 4 is 11.4 Å². The number of nitrogens with zero attached hydrogens (tertiary/aromatic N) is 1. The van der Waals surface area contributed by atoms with Crippen LogP contribution in [0.1, 0.15) is 31.0 Å². The van der Waals surface area contributed by atoms with Crippen molar-refractivity contribution in [1.29, 1.82) is 0 Å². The Labute approximate surface area is 120 Å². The number of benzene rings is 2. The molecule has 0 aliphatic rings. The molecule has 20 heavy (non-hydrogen) atoms. The summed E-state index contributed by atoms with van der Waals surface area (Å²) in [6.07, 6.45) is 0. The van der Waals surface area contributed by atoms with Crippen LogP contribution >= 0.6 is 0 Å². The molecule has 2 aromatic carbocycles. The normalized spacial score (nSPS) is 12.2. The van der Waals surface area contributed by atoms with Crippen LogP contribution < -0.4 is 10.6 Å². The summed E-state index contributed by atoms with van der Waals surface area (Å²) in [5, 5.41) is 0. The standard InChI is InChI=1S/C17H21FN2/c1-4-20(15-7-5-6-12(2)10-15)17-9-8-14(13(3)19)11-16(17)18/h5-11,13H,4,19H2,1-3H3/t13-/m0/s1. The largest absolute Gasteiger partial charge is 0.339 e. The van der Waals surface area contributed by atoms with Gasteiger partial charge in [0.2, 0.25) is 0 Å². The van der Waals surface area contributed by atoms with Crippen molar-refractivity contribution in [3.8, 4) is 0 Å². The second kappa shape index (κ2) is 6.06. The third-order valence-corrected chi connectivity index (χ3v) is 3.42. The van der Waals surface area contributed by atoms with Gasteiger partial charge in [0, 0.05) is 18.3 Å². The molecule has 0 aliphatic heterocycles. The Balaban J connectivity index is 2.42. The molecule has 0 spiro atoms. The topological polar surface area (TPSA) is 29.3 Å². The summed E-state index contributed by atoms with van der Waals surface area (Å²) in [6, 6.07) is 13.1. The van der Waals surface area contributed by atoms with Gasteiger partial charge >= 0.3 is 0 Å². The summed E-state index contributed by atoms with van der Waals surface area (Å²) in [5.74, 6) is -0.233. The van der Waals surface area contributed by atoms with Crippen molar-refractivity contribution in [2.24, 2.45) is 5.73 Å². The van der Waals surface area contributed by atoms with E-state index < -0.39 is 0 Å². The van der Waals surface area contributed by atoms with Crippen LogP contribution in [-0.2, 0) is 0 Å². The van der Waals surface area contributed by atoms with Gasteiger partial charge in [0.1, 0.15) is 5.82 Å². The first kappa shape index (κ1) is 14.5. The molecule has 0 amide bonds. The molecule has 1 atom stereocenters. The van der Waals surface area contributed by atoms with Gasteiger partial charge in [0.15, 0.2) is 0 Å². The number of rotatable bonds is 4. The van der Waals surface area contributed by atoms with E-state index in [-0.39, 0.29) is 11.9 Å². The first-order valence-electron chi connectivity index (χ1n) is 6.92. The number of hydrogen-bond acceptors (Lipinski definition) is 2. The number of halogens is 1. The minimum Gasteiger partial charge on any atom is -0.339 e. The molecular formula is C17H21FN2. The van der Waals surface area contributed by atoms with Gasteiger partial charge in [-0.2, -0.15) is 0 Å². The maximum atomic E-state index is 14.3. The molecule has 2 aromatic rings. The highest BCUT2D eigenvalue weighted by molar-refractivity contribution is 5.64. The summed E-state index contributed by atoms with van der Waals surface area (Å²) < 4.78 is 14.3. The lowest BCUT2D eigenvalue weighted by molar-refractivity contribution is 0.620. The average Bonchev–Trinajstić information content (AvgIpc) is 2.41. The lowest BCUT2D eigenvalue weighted by Gasteiger charge is -2.24. The van der Waals surface area contributed by atoms with Crippen LogP contribution in [0.2, 0.25) is 0 Å². The second-order valence-electron chi connectivity index (χ2n) is 5.08. The highest BCUT2D eigenvalue weighted by atomic mass is 19.1. The van der Waals surface area contributed by atoms with Crippen LogP contribution in [0.4, 0.5) is 15.8 Å². The Morgan fingerprint density at radius 2 is 1.95 bits per heavy atom. The summed E-state index contributed by atoms with van der Waals surface area (Å²) in [6.45, 7) is 6.61. The van der Waals surface area contributed by atoms with E-state index in [9.17, 15) is 4.39 Å². The average molecular weight is 272 g/mol. The molecule has 0 saturated carbocycles. The molecule has 3 heteroatoms. The van der Waals surface area contributed by atoms with Crippen molar-refractivity contribution in [2.45, 2.75) is 26.8 Å². The Bertz CT molecular complexity index is 593. The third-order valence-electron chi connectivity index (χ3n) is 3.42. The van der Waals surface area contributed by atoms with Gasteiger partial charge in [-0.3, -0.25) is 0 Å². The Morgan fingerprint density at radius 1 is 1.20 bits per heavy atom. The van der Waals surface area contributed by atoms with Crippen LogP contribution in [0.3, 0.4) is 0 Å². The molecule has 0 saturated heterocycles. The van der Waals surface area contributed by atoms with E-state index >= 15 is 0 Å². The molecule has 0 heterocycles. The second-order valence-corrected chi connectivity index (χ2v) is 5.08. The van der Waals surface area contributed by atoms with Gasteiger partial charge in [-0.15, -0.1) is 0 Å². The zero-order valence-corrected chi connectivity index (χ0v) is 12.2. The van der Waals surface area contributed by atoms with E-state index in [0.717, 1.165) is 16.8 Å². The van der Waals surface area contributed by atoms with E-state index in [4.69, 9.17) is 5.73 Å². The van der Waals surface area contributed by atoms with Gasteiger partial charge in [0.25, 0.3) is 0 Å². The van der Waals surface area contributed by atoms with Crippen molar-refractivity contribution in [1.82, 2.24) is 0 Å². The molecule has 106 valence electrons. The van der Waals surface area contributed by atoms with Crippen molar-refractivity contribution < 1.29 is 4.39 Å². The van der Waals surface area contributed by atoms with Crippen LogP contribution in [0.15, 0.2) is 42.5 Å².